The Labute approximate surface area is 167 Å². The average Bonchev–Trinajstić information content (AvgIpc) is 2.45. The predicted octanol–water partition coefficient (Wildman–Crippen LogP) is 5.80. The number of hydrogen-bond donors (Lipinski definition) is 1. The van der Waals surface area contributed by atoms with Crippen molar-refractivity contribution in [2.45, 2.75) is 45.4 Å². The van der Waals surface area contributed by atoms with Gasteiger partial charge in [-0.15, -0.1) is 0 Å². The molecule has 0 fully saturated rings. The highest BCUT2D eigenvalue weighted by molar-refractivity contribution is 14.1. The zero-order chi connectivity index (χ0) is 16.3. The normalized spacial score (nSPS) is 9.48. The fourth-order valence-electron chi connectivity index (χ4n) is 1.49. The first-order valence-corrected chi connectivity index (χ1v) is 9.93. The highest BCUT2D eigenvalue weighted by atomic mass is 127. The first-order valence-electron chi connectivity index (χ1n) is 6.69. The third-order valence-corrected chi connectivity index (χ3v) is 7.85. The van der Waals surface area contributed by atoms with Gasteiger partial charge >= 0.3 is 5.97 Å². The molecule has 0 aromatic heterocycles. The van der Waals surface area contributed by atoms with E-state index in [4.69, 9.17) is 10.4 Å². The van der Waals surface area contributed by atoms with Crippen LogP contribution in [0.25, 0.3) is 0 Å². The van der Waals surface area contributed by atoms with Gasteiger partial charge in [0.15, 0.2) is 0 Å². The molecule has 0 radical (unpaired) electrons. The van der Waals surface area contributed by atoms with Gasteiger partial charge in [-0.25, -0.2) is 0 Å². The zero-order valence-electron chi connectivity index (χ0n) is 11.8. The summed E-state index contributed by atoms with van der Waals surface area (Å²) in [6.45, 7) is 2.15. The summed E-state index contributed by atoms with van der Waals surface area (Å²) in [6, 6.07) is 5.96. The number of hydrogen-bond acceptors (Lipinski definition) is 2. The summed E-state index contributed by atoms with van der Waals surface area (Å²) in [6.07, 6.45) is 5.88. The van der Waals surface area contributed by atoms with Crippen LogP contribution in [-0.2, 0) is 4.79 Å². The number of benzene rings is 1. The van der Waals surface area contributed by atoms with Crippen LogP contribution in [0.5, 0.6) is 0 Å². The maximum Gasteiger partial charge on any atom is 0.303 e. The Kier molecular flexibility index (Phi) is 13.1. The highest BCUT2D eigenvalue weighted by Gasteiger charge is 2.05. The Morgan fingerprint density at radius 2 is 1.76 bits per heavy atom. The monoisotopic (exact) mass is 625 g/mol. The van der Waals surface area contributed by atoms with E-state index in [1.165, 1.54) is 26.4 Å². The molecule has 6 heteroatoms. The van der Waals surface area contributed by atoms with Crippen molar-refractivity contribution in [2.24, 2.45) is 0 Å². The quantitative estimate of drug-likeness (QED) is 0.247. The van der Waals surface area contributed by atoms with Gasteiger partial charge in [-0.1, -0.05) is 32.6 Å². The van der Waals surface area contributed by atoms with Gasteiger partial charge in [-0.05, 0) is 86.3 Å². The molecule has 1 N–H and O–H groups in total. The summed E-state index contributed by atoms with van der Waals surface area (Å²) < 4.78 is 3.42. The fraction of sp³-hybridized carbons (Fsp3) is 0.467. The first-order chi connectivity index (χ1) is 9.93. The van der Waals surface area contributed by atoms with Crippen LogP contribution in [0.15, 0.2) is 12.1 Å². The highest BCUT2D eigenvalue weighted by Crippen LogP contribution is 2.23. The molecule has 0 unspecified atom stereocenters. The minimum absolute atomic E-state index is 0.337. The van der Waals surface area contributed by atoms with Crippen molar-refractivity contribution in [3.63, 3.8) is 0 Å². The van der Waals surface area contributed by atoms with Crippen LogP contribution in [0.3, 0.4) is 0 Å². The third-order valence-electron chi connectivity index (χ3n) is 2.65. The van der Waals surface area contributed by atoms with Crippen LogP contribution in [0, 0.1) is 22.0 Å². The molecule has 0 saturated carbocycles. The molecule has 0 aliphatic carbocycles. The zero-order valence-corrected chi connectivity index (χ0v) is 18.3. The number of aliphatic carboxylic acids is 1. The molecule has 3 nitrogen and oxygen atoms in total. The van der Waals surface area contributed by atoms with E-state index in [2.05, 4.69) is 80.8 Å². The Hall–Kier alpha value is 0.370. The lowest BCUT2D eigenvalue weighted by molar-refractivity contribution is -0.137. The van der Waals surface area contributed by atoms with E-state index in [0.29, 0.717) is 6.42 Å². The molecular weight excluding hydrogens is 607 g/mol. The molecule has 21 heavy (non-hydrogen) atoms. The maximum absolute atomic E-state index is 10.0. The standard InChI is InChI=1S/C8H16O2.C7H2I3N/c1-2-3-4-5-6-7-8(9)10;8-5-2-1-4(3-11)6(9)7(5)10/h2-7H2,1H3,(H,9,10);1-2H. The van der Waals surface area contributed by atoms with Gasteiger partial charge in [0.1, 0.15) is 6.07 Å². The number of unbranched alkanes of at least 4 members (excludes halogenated alkanes) is 4. The SMILES string of the molecule is CCCCCCCC(=O)O.N#Cc1ccc(I)c(I)c1I. The number of carbonyl (C=O) groups is 1. The number of nitrogens with zero attached hydrogens (tertiary/aromatic N) is 1. The second-order valence-corrected chi connectivity index (χ2v) is 7.71. The van der Waals surface area contributed by atoms with Crippen molar-refractivity contribution >= 4 is 73.7 Å². The van der Waals surface area contributed by atoms with E-state index in [-0.39, 0.29) is 0 Å². The molecule has 0 amide bonds. The summed E-state index contributed by atoms with van der Waals surface area (Å²) in [4.78, 5) is 10.0. The van der Waals surface area contributed by atoms with Gasteiger partial charge in [0.25, 0.3) is 0 Å². The molecule has 1 aromatic carbocycles. The van der Waals surface area contributed by atoms with Crippen LogP contribution in [0.1, 0.15) is 51.0 Å². The Morgan fingerprint density at radius 3 is 2.29 bits per heavy atom. The van der Waals surface area contributed by atoms with E-state index >= 15 is 0 Å². The minimum atomic E-state index is -0.670. The lowest BCUT2D eigenvalue weighted by Crippen LogP contribution is -1.93. The topological polar surface area (TPSA) is 61.1 Å². The summed E-state index contributed by atoms with van der Waals surface area (Å²) >= 11 is 6.71. The minimum Gasteiger partial charge on any atom is -0.481 e. The van der Waals surface area contributed by atoms with Crippen LogP contribution in [-0.4, -0.2) is 11.1 Å². The average molecular weight is 625 g/mol. The molecule has 116 valence electrons. The molecule has 0 saturated heterocycles. The summed E-state index contributed by atoms with van der Waals surface area (Å²) in [5.74, 6) is -0.670. The molecule has 1 aromatic rings. The van der Waals surface area contributed by atoms with Gasteiger partial charge in [0.2, 0.25) is 0 Å². The molecule has 0 spiro atoms. The number of halogens is 3. The van der Waals surface area contributed by atoms with Crippen molar-refractivity contribution in [1.82, 2.24) is 0 Å². The molecule has 0 aliphatic heterocycles. The molecule has 0 aliphatic rings. The van der Waals surface area contributed by atoms with Gasteiger partial charge in [-0.2, -0.15) is 5.26 Å². The Bertz CT molecular complexity index is 498. The molecule has 0 bridgehead atoms. The van der Waals surface area contributed by atoms with E-state index < -0.39 is 5.97 Å². The number of nitriles is 1. The second-order valence-electron chi connectivity index (χ2n) is 4.39. The summed E-state index contributed by atoms with van der Waals surface area (Å²) in [5, 5.41) is 16.9. The van der Waals surface area contributed by atoms with E-state index in [1.807, 2.05) is 12.1 Å². The second kappa shape index (κ2) is 12.9. The number of carboxylic acids is 1. The molecular formula is C15H18I3NO2. The summed E-state index contributed by atoms with van der Waals surface area (Å²) in [5.41, 5.74) is 0.760. The smallest absolute Gasteiger partial charge is 0.303 e. The van der Waals surface area contributed by atoms with Gasteiger partial charge in [0.05, 0.1) is 5.56 Å². The van der Waals surface area contributed by atoms with Gasteiger partial charge in [-0.3, -0.25) is 4.79 Å². The van der Waals surface area contributed by atoms with Crippen LogP contribution < -0.4 is 0 Å². The largest absolute Gasteiger partial charge is 0.481 e. The van der Waals surface area contributed by atoms with Gasteiger partial charge in [0, 0.05) is 17.1 Å². The summed E-state index contributed by atoms with van der Waals surface area (Å²) in [7, 11) is 0. The van der Waals surface area contributed by atoms with Crippen LogP contribution in [0.2, 0.25) is 0 Å². The van der Waals surface area contributed by atoms with Crippen molar-refractivity contribution < 1.29 is 9.90 Å². The Balaban J connectivity index is 0.000000384. The van der Waals surface area contributed by atoms with Crippen LogP contribution in [0.4, 0.5) is 0 Å². The first kappa shape index (κ1) is 21.4. The number of rotatable bonds is 6. The van der Waals surface area contributed by atoms with Gasteiger partial charge < -0.3 is 5.11 Å². The predicted molar refractivity (Wildman–Crippen MR) is 110 cm³/mol. The lowest BCUT2D eigenvalue weighted by atomic mass is 10.1. The maximum atomic E-state index is 10.0. The van der Waals surface area contributed by atoms with Crippen molar-refractivity contribution in [3.8, 4) is 6.07 Å². The number of carboxylic acid groups (broad SMARTS) is 1. The molecule has 0 heterocycles. The van der Waals surface area contributed by atoms with Crippen molar-refractivity contribution in [1.29, 1.82) is 5.26 Å². The Morgan fingerprint density at radius 1 is 1.14 bits per heavy atom. The fourth-order valence-corrected chi connectivity index (χ4v) is 3.52. The molecule has 1 rings (SSSR count). The third kappa shape index (κ3) is 9.89. The van der Waals surface area contributed by atoms with Crippen molar-refractivity contribution in [3.05, 3.63) is 28.4 Å². The van der Waals surface area contributed by atoms with E-state index in [0.717, 1.165) is 22.0 Å². The molecule has 0 atom stereocenters. The van der Waals surface area contributed by atoms with E-state index in [9.17, 15) is 4.79 Å². The van der Waals surface area contributed by atoms with E-state index in [1.54, 1.807) is 0 Å². The van der Waals surface area contributed by atoms with Crippen LogP contribution >= 0.6 is 67.8 Å². The van der Waals surface area contributed by atoms with Crippen molar-refractivity contribution in [2.75, 3.05) is 0 Å². The lowest BCUT2D eigenvalue weighted by Gasteiger charge is -1.99.